The van der Waals surface area contributed by atoms with Crippen molar-refractivity contribution in [3.8, 4) is 28.4 Å². The maximum Gasteiger partial charge on any atom is 0.165 e. The van der Waals surface area contributed by atoms with Crippen LogP contribution in [-0.4, -0.2) is 15.3 Å². The molecule has 0 aliphatic carbocycles. The van der Waals surface area contributed by atoms with E-state index in [2.05, 4.69) is 0 Å². The average molecular weight is 230 g/mol. The van der Waals surface area contributed by atoms with Crippen molar-refractivity contribution in [2.75, 3.05) is 0 Å². The highest BCUT2D eigenvalue weighted by Crippen LogP contribution is 2.44. The summed E-state index contributed by atoms with van der Waals surface area (Å²) in [5.41, 5.74) is 2.79. The van der Waals surface area contributed by atoms with Gasteiger partial charge in [0.25, 0.3) is 0 Å². The van der Waals surface area contributed by atoms with Crippen molar-refractivity contribution >= 4 is 0 Å². The van der Waals surface area contributed by atoms with Crippen molar-refractivity contribution < 1.29 is 15.3 Å². The molecule has 2 aromatic carbocycles. The lowest BCUT2D eigenvalue weighted by molar-refractivity contribution is 0.397. The van der Waals surface area contributed by atoms with Gasteiger partial charge in [0.2, 0.25) is 0 Å². The number of phenolic OH excluding ortho intramolecular Hbond substituents is 3. The Labute approximate surface area is 99.6 Å². The van der Waals surface area contributed by atoms with Crippen LogP contribution in [0.1, 0.15) is 11.1 Å². The highest BCUT2D eigenvalue weighted by atomic mass is 16.3. The summed E-state index contributed by atoms with van der Waals surface area (Å²) in [5, 5.41) is 29.2. The van der Waals surface area contributed by atoms with E-state index in [1.807, 2.05) is 31.2 Å². The predicted octanol–water partition coefficient (Wildman–Crippen LogP) is 3.09. The van der Waals surface area contributed by atoms with Gasteiger partial charge in [-0.05, 0) is 25.0 Å². The smallest absolute Gasteiger partial charge is 0.165 e. The zero-order valence-corrected chi connectivity index (χ0v) is 9.73. The third-order valence-corrected chi connectivity index (χ3v) is 2.93. The molecule has 0 bridgehead atoms. The van der Waals surface area contributed by atoms with Crippen molar-refractivity contribution in [1.29, 1.82) is 0 Å². The molecule has 3 heteroatoms. The van der Waals surface area contributed by atoms with Gasteiger partial charge in [0.05, 0.1) is 0 Å². The summed E-state index contributed by atoms with van der Waals surface area (Å²) in [5.74, 6) is -0.542. The molecule has 17 heavy (non-hydrogen) atoms. The monoisotopic (exact) mass is 230 g/mol. The van der Waals surface area contributed by atoms with E-state index in [9.17, 15) is 15.3 Å². The molecule has 0 aliphatic heterocycles. The molecule has 88 valence electrons. The van der Waals surface area contributed by atoms with Crippen molar-refractivity contribution in [2.24, 2.45) is 0 Å². The fourth-order valence-electron chi connectivity index (χ4n) is 1.92. The number of phenols is 3. The number of rotatable bonds is 1. The van der Waals surface area contributed by atoms with E-state index in [1.165, 1.54) is 0 Å². The molecule has 0 spiro atoms. The third-order valence-electron chi connectivity index (χ3n) is 2.93. The van der Waals surface area contributed by atoms with E-state index >= 15 is 0 Å². The Hall–Kier alpha value is -2.16. The van der Waals surface area contributed by atoms with Gasteiger partial charge < -0.3 is 15.3 Å². The summed E-state index contributed by atoms with van der Waals surface area (Å²) in [6.45, 7) is 3.62. The lowest BCUT2D eigenvalue weighted by Crippen LogP contribution is -1.89. The van der Waals surface area contributed by atoms with Crippen molar-refractivity contribution in [3.05, 3.63) is 41.5 Å². The molecular weight excluding hydrogens is 216 g/mol. The van der Waals surface area contributed by atoms with Gasteiger partial charge in [-0.25, -0.2) is 0 Å². The van der Waals surface area contributed by atoms with Crippen LogP contribution >= 0.6 is 0 Å². The second kappa shape index (κ2) is 4.01. The van der Waals surface area contributed by atoms with E-state index in [0.717, 1.165) is 17.2 Å². The number of aryl methyl sites for hydroxylation is 1. The molecule has 0 aliphatic rings. The van der Waals surface area contributed by atoms with Crippen molar-refractivity contribution in [3.63, 3.8) is 0 Å². The molecule has 0 unspecified atom stereocenters. The van der Waals surface area contributed by atoms with E-state index in [-0.39, 0.29) is 17.2 Å². The maximum atomic E-state index is 9.92. The van der Waals surface area contributed by atoms with Crippen LogP contribution in [-0.2, 0) is 0 Å². The first-order valence-electron chi connectivity index (χ1n) is 5.33. The Morgan fingerprint density at radius 2 is 1.53 bits per heavy atom. The fraction of sp³-hybridized carbons (Fsp3) is 0.143. The van der Waals surface area contributed by atoms with Gasteiger partial charge in [0, 0.05) is 17.2 Å². The van der Waals surface area contributed by atoms with Gasteiger partial charge in [-0.1, -0.05) is 24.3 Å². The Morgan fingerprint density at radius 3 is 2.18 bits per heavy atom. The lowest BCUT2D eigenvalue weighted by Gasteiger charge is -2.13. The molecule has 2 rings (SSSR count). The van der Waals surface area contributed by atoms with Crippen molar-refractivity contribution in [2.45, 2.75) is 13.8 Å². The summed E-state index contributed by atoms with van der Waals surface area (Å²) >= 11 is 0. The second-order valence-electron chi connectivity index (χ2n) is 4.08. The number of hydrogen-bond donors (Lipinski definition) is 3. The standard InChI is InChI=1S/C14H14O3/c1-8-5-3-4-6-10(8)13-9(2)11(15)7-12(16)14(13)17/h3-7,15-17H,1-2H3. The number of benzene rings is 2. The van der Waals surface area contributed by atoms with Gasteiger partial charge in [-0.15, -0.1) is 0 Å². The second-order valence-corrected chi connectivity index (χ2v) is 4.08. The topological polar surface area (TPSA) is 60.7 Å². The van der Waals surface area contributed by atoms with Crippen LogP contribution in [0.5, 0.6) is 17.2 Å². The first-order valence-corrected chi connectivity index (χ1v) is 5.33. The van der Waals surface area contributed by atoms with Crippen LogP contribution in [0.15, 0.2) is 30.3 Å². The minimum absolute atomic E-state index is 0.0291. The van der Waals surface area contributed by atoms with Gasteiger partial charge in [-0.2, -0.15) is 0 Å². The van der Waals surface area contributed by atoms with Gasteiger partial charge in [0.1, 0.15) is 5.75 Å². The van der Waals surface area contributed by atoms with Crippen LogP contribution in [0.25, 0.3) is 11.1 Å². The van der Waals surface area contributed by atoms with Crippen LogP contribution in [0.3, 0.4) is 0 Å². The Bertz CT molecular complexity index is 548. The van der Waals surface area contributed by atoms with Crippen LogP contribution in [0.2, 0.25) is 0 Å². The molecular formula is C14H14O3. The molecule has 0 fully saturated rings. The minimum atomic E-state index is -0.314. The van der Waals surface area contributed by atoms with Gasteiger partial charge >= 0.3 is 0 Å². The fourth-order valence-corrected chi connectivity index (χ4v) is 1.92. The number of hydrogen-bond acceptors (Lipinski definition) is 3. The molecule has 0 saturated carbocycles. The molecule has 0 heterocycles. The van der Waals surface area contributed by atoms with E-state index < -0.39 is 0 Å². The van der Waals surface area contributed by atoms with E-state index in [0.29, 0.717) is 11.1 Å². The highest BCUT2D eigenvalue weighted by Gasteiger charge is 2.16. The molecule has 0 aromatic heterocycles. The number of aromatic hydroxyl groups is 3. The minimum Gasteiger partial charge on any atom is -0.508 e. The lowest BCUT2D eigenvalue weighted by atomic mass is 9.95. The Kier molecular flexibility index (Phi) is 2.68. The van der Waals surface area contributed by atoms with Crippen LogP contribution < -0.4 is 0 Å². The molecule has 2 aromatic rings. The zero-order valence-electron chi connectivity index (χ0n) is 9.73. The summed E-state index contributed by atoms with van der Waals surface area (Å²) in [6.07, 6.45) is 0. The highest BCUT2D eigenvalue weighted by molar-refractivity contribution is 5.80. The van der Waals surface area contributed by atoms with Gasteiger partial charge in [-0.3, -0.25) is 0 Å². The third kappa shape index (κ3) is 1.80. The van der Waals surface area contributed by atoms with Crippen LogP contribution in [0, 0.1) is 13.8 Å². The average Bonchev–Trinajstić information content (AvgIpc) is 2.29. The molecule has 0 amide bonds. The van der Waals surface area contributed by atoms with E-state index in [1.54, 1.807) is 6.92 Å². The SMILES string of the molecule is Cc1ccccc1-c1c(C)c(O)cc(O)c1O. The molecule has 3 N–H and O–H groups in total. The summed E-state index contributed by atoms with van der Waals surface area (Å²) in [4.78, 5) is 0. The summed E-state index contributed by atoms with van der Waals surface area (Å²) in [7, 11) is 0. The van der Waals surface area contributed by atoms with Crippen molar-refractivity contribution in [1.82, 2.24) is 0 Å². The maximum absolute atomic E-state index is 9.92. The first-order chi connectivity index (χ1) is 8.02. The zero-order chi connectivity index (χ0) is 12.6. The first kappa shape index (κ1) is 11.3. The van der Waals surface area contributed by atoms with Crippen LogP contribution in [0.4, 0.5) is 0 Å². The molecule has 3 nitrogen and oxygen atoms in total. The molecule has 0 saturated heterocycles. The quantitative estimate of drug-likeness (QED) is 0.521. The van der Waals surface area contributed by atoms with Gasteiger partial charge in [0.15, 0.2) is 11.5 Å². The summed E-state index contributed by atoms with van der Waals surface area (Å²) in [6, 6.07) is 8.65. The Balaban J connectivity index is 2.80. The molecule has 0 atom stereocenters. The summed E-state index contributed by atoms with van der Waals surface area (Å²) < 4.78 is 0. The van der Waals surface area contributed by atoms with E-state index in [4.69, 9.17) is 0 Å². The molecule has 0 radical (unpaired) electrons. The largest absolute Gasteiger partial charge is 0.508 e. The predicted molar refractivity (Wildman–Crippen MR) is 66.3 cm³/mol. The Morgan fingerprint density at radius 1 is 0.882 bits per heavy atom. The normalized spacial score (nSPS) is 10.5.